The second-order valence-electron chi connectivity index (χ2n) is 4.30. The van der Waals surface area contributed by atoms with Crippen LogP contribution in [0.15, 0.2) is 66.8 Å². The van der Waals surface area contributed by atoms with Gasteiger partial charge in [-0.05, 0) is 17.6 Å². The van der Waals surface area contributed by atoms with Crippen molar-refractivity contribution in [1.29, 1.82) is 0 Å². The Kier molecular flexibility index (Phi) is 7.58. The lowest BCUT2D eigenvalue weighted by atomic mass is 10.2. The van der Waals surface area contributed by atoms with E-state index in [2.05, 4.69) is 30.2 Å². The lowest BCUT2D eigenvalue weighted by Gasteiger charge is -2.08. The Labute approximate surface area is 121 Å². The molecule has 2 N–H and O–H groups in total. The van der Waals surface area contributed by atoms with Gasteiger partial charge in [0.05, 0.1) is 0 Å². The van der Waals surface area contributed by atoms with Crippen LogP contribution in [0.2, 0.25) is 0 Å². The highest BCUT2D eigenvalue weighted by molar-refractivity contribution is 5.74. The van der Waals surface area contributed by atoms with Crippen LogP contribution in [0, 0.1) is 0 Å². The molecule has 0 atom stereocenters. The Morgan fingerprint density at radius 1 is 1.25 bits per heavy atom. The van der Waals surface area contributed by atoms with Crippen LogP contribution in [-0.4, -0.2) is 12.6 Å². The van der Waals surface area contributed by atoms with Crippen molar-refractivity contribution in [3.05, 3.63) is 72.4 Å². The SMILES string of the molecule is C=C/C=C\C(=C/CC)CNC(=O)NCc1ccccc1. The van der Waals surface area contributed by atoms with Crippen LogP contribution in [0.25, 0.3) is 0 Å². The predicted octanol–water partition coefficient (Wildman–Crippen LogP) is 3.56. The van der Waals surface area contributed by atoms with Gasteiger partial charge in [-0.2, -0.15) is 0 Å². The van der Waals surface area contributed by atoms with Gasteiger partial charge in [0.1, 0.15) is 0 Å². The summed E-state index contributed by atoms with van der Waals surface area (Å²) in [7, 11) is 0. The number of nitrogens with one attached hydrogen (secondary N) is 2. The van der Waals surface area contributed by atoms with E-state index in [1.807, 2.05) is 42.5 Å². The molecule has 1 aromatic rings. The summed E-state index contributed by atoms with van der Waals surface area (Å²) in [5.41, 5.74) is 2.15. The van der Waals surface area contributed by atoms with Crippen LogP contribution in [-0.2, 0) is 6.54 Å². The molecule has 3 nitrogen and oxygen atoms in total. The van der Waals surface area contributed by atoms with Crippen molar-refractivity contribution in [2.24, 2.45) is 0 Å². The normalized spacial score (nSPS) is 11.3. The summed E-state index contributed by atoms with van der Waals surface area (Å²) in [6.07, 6.45) is 8.56. The van der Waals surface area contributed by atoms with Gasteiger partial charge in [-0.1, -0.05) is 68.1 Å². The fourth-order valence-electron chi connectivity index (χ4n) is 1.68. The van der Waals surface area contributed by atoms with Crippen LogP contribution in [0.4, 0.5) is 4.79 Å². The largest absolute Gasteiger partial charge is 0.334 e. The second kappa shape index (κ2) is 9.62. The molecule has 0 radical (unpaired) electrons. The molecule has 0 aliphatic carbocycles. The van der Waals surface area contributed by atoms with E-state index in [0.29, 0.717) is 13.1 Å². The molecule has 0 unspecified atom stereocenters. The van der Waals surface area contributed by atoms with Crippen molar-refractivity contribution in [2.45, 2.75) is 19.9 Å². The van der Waals surface area contributed by atoms with Gasteiger partial charge in [0.15, 0.2) is 0 Å². The molecular weight excluding hydrogens is 248 g/mol. The first kappa shape index (κ1) is 15.8. The van der Waals surface area contributed by atoms with Gasteiger partial charge < -0.3 is 10.6 Å². The monoisotopic (exact) mass is 270 g/mol. The molecule has 0 spiro atoms. The quantitative estimate of drug-likeness (QED) is 0.731. The van der Waals surface area contributed by atoms with Crippen molar-refractivity contribution < 1.29 is 4.79 Å². The number of benzene rings is 1. The Balaban J connectivity index is 2.36. The molecule has 0 aliphatic rings. The highest BCUT2D eigenvalue weighted by atomic mass is 16.2. The third-order valence-corrected chi connectivity index (χ3v) is 2.66. The zero-order valence-corrected chi connectivity index (χ0v) is 11.9. The number of carbonyl (C=O) groups excluding carboxylic acids is 1. The van der Waals surface area contributed by atoms with E-state index in [-0.39, 0.29) is 6.03 Å². The average molecular weight is 270 g/mol. The van der Waals surface area contributed by atoms with Gasteiger partial charge in [0.2, 0.25) is 0 Å². The fourth-order valence-corrected chi connectivity index (χ4v) is 1.68. The standard InChI is InChI=1S/C17H22N2O/c1-3-5-10-15(9-4-2)13-18-17(20)19-14-16-11-7-6-8-12-16/h3,5-12H,1,4,13-14H2,2H3,(H2,18,19,20)/b10-5-,15-9+. The molecule has 0 fully saturated rings. The summed E-state index contributed by atoms with van der Waals surface area (Å²) in [5.74, 6) is 0. The molecule has 0 saturated carbocycles. The van der Waals surface area contributed by atoms with Crippen LogP contribution in [0.1, 0.15) is 18.9 Å². The number of carbonyl (C=O) groups is 1. The van der Waals surface area contributed by atoms with Gasteiger partial charge >= 0.3 is 6.03 Å². The van der Waals surface area contributed by atoms with Gasteiger partial charge in [-0.3, -0.25) is 0 Å². The summed E-state index contributed by atoms with van der Waals surface area (Å²) >= 11 is 0. The lowest BCUT2D eigenvalue weighted by molar-refractivity contribution is 0.241. The molecule has 0 aliphatic heterocycles. The topological polar surface area (TPSA) is 41.1 Å². The Morgan fingerprint density at radius 2 is 2.00 bits per heavy atom. The smallest absolute Gasteiger partial charge is 0.315 e. The third-order valence-electron chi connectivity index (χ3n) is 2.66. The maximum atomic E-state index is 11.7. The van der Waals surface area contributed by atoms with Crippen molar-refractivity contribution in [1.82, 2.24) is 10.6 Å². The van der Waals surface area contributed by atoms with E-state index in [0.717, 1.165) is 17.6 Å². The third kappa shape index (κ3) is 6.59. The molecule has 3 heteroatoms. The van der Waals surface area contributed by atoms with E-state index >= 15 is 0 Å². The summed E-state index contributed by atoms with van der Waals surface area (Å²) in [4.78, 5) is 11.7. The summed E-state index contributed by atoms with van der Waals surface area (Å²) < 4.78 is 0. The van der Waals surface area contributed by atoms with Crippen LogP contribution >= 0.6 is 0 Å². The molecule has 0 heterocycles. The van der Waals surface area contributed by atoms with Crippen molar-refractivity contribution >= 4 is 6.03 Å². The van der Waals surface area contributed by atoms with Gasteiger partial charge in [-0.25, -0.2) is 4.79 Å². The van der Waals surface area contributed by atoms with Crippen LogP contribution < -0.4 is 10.6 Å². The van der Waals surface area contributed by atoms with E-state index in [1.165, 1.54) is 0 Å². The number of allylic oxidation sites excluding steroid dienone is 3. The number of hydrogen-bond acceptors (Lipinski definition) is 1. The van der Waals surface area contributed by atoms with E-state index in [4.69, 9.17) is 0 Å². The Hall–Kier alpha value is -2.29. The first-order valence-electron chi connectivity index (χ1n) is 6.80. The minimum absolute atomic E-state index is 0.164. The summed E-state index contributed by atoms with van der Waals surface area (Å²) in [5, 5.41) is 5.67. The molecule has 2 amide bonds. The minimum atomic E-state index is -0.164. The first-order chi connectivity index (χ1) is 9.76. The minimum Gasteiger partial charge on any atom is -0.334 e. The van der Waals surface area contributed by atoms with E-state index in [9.17, 15) is 4.79 Å². The van der Waals surface area contributed by atoms with E-state index < -0.39 is 0 Å². The molecule has 106 valence electrons. The molecule has 1 rings (SSSR count). The maximum Gasteiger partial charge on any atom is 0.315 e. The van der Waals surface area contributed by atoms with Gasteiger partial charge in [0, 0.05) is 13.1 Å². The average Bonchev–Trinajstić information content (AvgIpc) is 2.49. The van der Waals surface area contributed by atoms with Crippen LogP contribution in [0.5, 0.6) is 0 Å². The van der Waals surface area contributed by atoms with E-state index in [1.54, 1.807) is 6.08 Å². The molecule has 1 aromatic carbocycles. The highest BCUT2D eigenvalue weighted by Crippen LogP contribution is 1.99. The molecule has 0 aromatic heterocycles. The van der Waals surface area contributed by atoms with Gasteiger partial charge in [-0.15, -0.1) is 0 Å². The van der Waals surface area contributed by atoms with Crippen LogP contribution in [0.3, 0.4) is 0 Å². The zero-order chi connectivity index (χ0) is 14.6. The Bertz CT molecular complexity index is 475. The van der Waals surface area contributed by atoms with Crippen molar-refractivity contribution in [3.63, 3.8) is 0 Å². The number of rotatable bonds is 7. The Morgan fingerprint density at radius 3 is 2.65 bits per heavy atom. The highest BCUT2D eigenvalue weighted by Gasteiger charge is 2.00. The van der Waals surface area contributed by atoms with Gasteiger partial charge in [0.25, 0.3) is 0 Å². The molecule has 20 heavy (non-hydrogen) atoms. The molecular formula is C17H22N2O. The van der Waals surface area contributed by atoms with Crippen molar-refractivity contribution in [2.75, 3.05) is 6.54 Å². The molecule has 0 bridgehead atoms. The van der Waals surface area contributed by atoms with Crippen molar-refractivity contribution in [3.8, 4) is 0 Å². The predicted molar refractivity (Wildman–Crippen MR) is 84.4 cm³/mol. The fraction of sp³-hybridized carbons (Fsp3) is 0.235. The zero-order valence-electron chi connectivity index (χ0n) is 11.9. The summed E-state index contributed by atoms with van der Waals surface area (Å²) in [6, 6.07) is 9.67. The number of urea groups is 1. The number of amides is 2. The lowest BCUT2D eigenvalue weighted by Crippen LogP contribution is -2.35. The maximum absolute atomic E-state index is 11.7. The summed E-state index contributed by atoms with van der Waals surface area (Å²) in [6.45, 7) is 6.75. The molecule has 0 saturated heterocycles. The first-order valence-corrected chi connectivity index (χ1v) is 6.80. The second-order valence-corrected chi connectivity index (χ2v) is 4.30. The number of hydrogen-bond donors (Lipinski definition) is 2.